The summed E-state index contributed by atoms with van der Waals surface area (Å²) in [6.07, 6.45) is 3.01. The van der Waals surface area contributed by atoms with Crippen LogP contribution < -0.4 is 40.3 Å². The number of aromatic nitrogens is 4. The number of hydrogen-bond acceptors (Lipinski definition) is 24. The number of methoxy groups -OCH3 is 2. The van der Waals surface area contributed by atoms with Gasteiger partial charge in [0.05, 0.1) is 97.9 Å². The van der Waals surface area contributed by atoms with Crippen LogP contribution >= 0.6 is 184 Å². The van der Waals surface area contributed by atoms with Crippen molar-refractivity contribution in [3.05, 3.63) is 332 Å². The summed E-state index contributed by atoms with van der Waals surface area (Å²) < 4.78 is 44.3. The van der Waals surface area contributed by atoms with Gasteiger partial charge in [-0.1, -0.05) is 268 Å². The Kier molecular flexibility index (Phi) is 45.8. The molecule has 4 aromatic heterocycles. The second-order valence-electron chi connectivity index (χ2n) is 33.9. The molecule has 4 heterocycles. The molecular formula is C104H97BCl8I2LiN7O19S4. The van der Waals surface area contributed by atoms with Crippen molar-refractivity contribution < 1.29 is 113 Å². The van der Waals surface area contributed by atoms with Crippen molar-refractivity contribution in [2.45, 2.75) is 148 Å². The van der Waals surface area contributed by atoms with Gasteiger partial charge in [-0.2, -0.15) is 17.5 Å². The molecular weight excluding hydrogens is 2330 g/mol. The Morgan fingerprint density at radius 2 is 0.651 bits per heavy atom. The molecule has 3 saturated carbocycles. The monoisotopic (exact) mass is 2430 g/mol. The SMILES string of the molecule is CC(C)(O)C(C)(C)O.COC(=O)C1(c2ccc(-c3ccc(-c4snc(C)c4NC(=O)OCc4ccc(Cl)cc4Cl)cc3)cc2)CC1.Cc1nsc(-c2ccc(-c3ccc(C4(C(=O)O)CC4)cc3)cc2)c1NC(=O)OCc1ccc(Cl)cc1Cl.Cc1nsc(I)c1C(=O)O.Cc1nsc(I)c1NC(=O)OCc1ccc(Cl)cc1Cl.O.OCc1ccc(Cl)cc1Cl.[B]c1ccc(-c2ccc(C3(C(=O)OC)CC3)cc2)cc1.[Li+].[OH-]. The third kappa shape index (κ3) is 32.6. The zero-order chi connectivity index (χ0) is 104. The minimum atomic E-state index is -1.01. The maximum absolute atomic E-state index is 12.5. The van der Waals surface area contributed by atoms with Crippen molar-refractivity contribution in [1.82, 2.24) is 17.5 Å². The largest absolute Gasteiger partial charge is 1.00 e. The zero-order valence-corrected chi connectivity index (χ0v) is 93.8. The van der Waals surface area contributed by atoms with Gasteiger partial charge in [-0.3, -0.25) is 30.3 Å². The number of carboxylic acids is 2. The van der Waals surface area contributed by atoms with E-state index in [0.29, 0.717) is 115 Å². The first-order valence-corrected chi connectivity index (χ1v) is 51.9. The van der Waals surface area contributed by atoms with E-state index in [2.05, 4.69) is 56.0 Å². The number of aryl methyl sites for hydroxylation is 4. The number of amides is 3. The van der Waals surface area contributed by atoms with Gasteiger partial charge < -0.3 is 60.2 Å². The van der Waals surface area contributed by atoms with Crippen molar-refractivity contribution in [3.8, 4) is 54.3 Å². The molecule has 0 saturated heterocycles. The minimum Gasteiger partial charge on any atom is -0.870 e. The molecule has 2 radical (unpaired) electrons. The zero-order valence-electron chi connectivity index (χ0n) is 80.2. The van der Waals surface area contributed by atoms with Gasteiger partial charge in [0.15, 0.2) is 0 Å². The van der Waals surface area contributed by atoms with Crippen LogP contribution in [0.2, 0.25) is 40.2 Å². The summed E-state index contributed by atoms with van der Waals surface area (Å²) in [6, 6.07) is 67.7. The van der Waals surface area contributed by atoms with Crippen LogP contribution in [-0.4, -0.2) is 129 Å². The van der Waals surface area contributed by atoms with Crippen molar-refractivity contribution in [2.75, 3.05) is 30.2 Å². The molecule has 0 atom stereocenters. The number of nitrogens with one attached hydrogen (secondary N) is 3. The molecule has 760 valence electrons. The number of benzene rings is 10. The van der Waals surface area contributed by atoms with Crippen molar-refractivity contribution in [3.63, 3.8) is 0 Å². The first-order valence-electron chi connectivity index (χ1n) is 43.6. The normalized spacial score (nSPS) is 12.7. The van der Waals surface area contributed by atoms with E-state index in [-0.39, 0.29) is 68.2 Å². The van der Waals surface area contributed by atoms with E-state index in [9.17, 15) is 38.7 Å². The smallest absolute Gasteiger partial charge is 0.870 e. The number of aliphatic hydroxyl groups excluding tert-OH is 1. The fraction of sp³-hybridized carbons (Fsp3) is 0.240. The third-order valence-corrected chi connectivity index (χ3v) is 31.4. The first kappa shape index (κ1) is 122. The first-order chi connectivity index (χ1) is 67.8. The number of anilines is 3. The molecule has 3 aliphatic carbocycles. The number of carbonyl (C=O) groups excluding carboxylic acids is 5. The number of aliphatic carboxylic acids is 1. The molecule has 0 bridgehead atoms. The third-order valence-electron chi connectivity index (χ3n) is 23.4. The van der Waals surface area contributed by atoms with Crippen LogP contribution in [0.3, 0.4) is 0 Å². The molecule has 0 aliphatic heterocycles. The number of aromatic carboxylic acids is 1. The molecule has 3 fully saturated rings. The second-order valence-corrected chi connectivity index (χ2v) is 44.0. The Hall–Kier alpha value is -9.35. The molecule has 17 rings (SSSR count). The predicted octanol–water partition coefficient (Wildman–Crippen LogP) is 24.2. The van der Waals surface area contributed by atoms with Gasteiger partial charge in [-0.15, -0.1) is 0 Å². The topological polar surface area (TPSA) is 416 Å². The molecule has 3 amide bonds. The molecule has 0 spiro atoms. The maximum Gasteiger partial charge on any atom is 1.00 e. The Labute approximate surface area is 941 Å². The van der Waals surface area contributed by atoms with Gasteiger partial charge >= 0.3 is 61.0 Å². The average Bonchev–Trinajstić information content (AvgIpc) is 1.60. The summed E-state index contributed by atoms with van der Waals surface area (Å²) in [4.78, 5) is 84.5. The van der Waals surface area contributed by atoms with Gasteiger partial charge in [0.1, 0.15) is 39.0 Å². The van der Waals surface area contributed by atoms with Crippen LogP contribution in [0.1, 0.15) is 138 Å². The molecule has 0 unspecified atom stereocenters. The quantitative estimate of drug-likeness (QED) is 0.0128. The van der Waals surface area contributed by atoms with Crippen LogP contribution in [0, 0.1) is 33.5 Å². The van der Waals surface area contributed by atoms with E-state index in [1.807, 2.05) is 189 Å². The Morgan fingerprint density at radius 1 is 0.390 bits per heavy atom. The average molecular weight is 2430 g/mol. The van der Waals surface area contributed by atoms with Crippen molar-refractivity contribution in [2.24, 2.45) is 0 Å². The molecule has 42 heteroatoms. The van der Waals surface area contributed by atoms with E-state index < -0.39 is 57.7 Å². The van der Waals surface area contributed by atoms with Gasteiger partial charge in [0, 0.05) is 56.9 Å². The Morgan fingerprint density at radius 3 is 0.897 bits per heavy atom. The van der Waals surface area contributed by atoms with E-state index in [4.69, 9.17) is 145 Å². The van der Waals surface area contributed by atoms with Gasteiger partial charge in [-0.05, 0) is 301 Å². The summed E-state index contributed by atoms with van der Waals surface area (Å²) >= 11 is 56.5. The summed E-state index contributed by atoms with van der Waals surface area (Å²) in [5, 5.41) is 57.3. The van der Waals surface area contributed by atoms with Crippen molar-refractivity contribution >= 4 is 257 Å². The number of carboxylic acid groups (broad SMARTS) is 2. The standard InChI is InChI=1S/C29H24Cl2N2O4S.C28H22Cl2N2O4S.C17H15BO2.C12H9Cl2IN2O2S.C7H6Cl2O.C6H14O2.C5H4INO2S.Li.2H2O/c1-17-25(32-28(35)37-16-21-9-12-23(30)15-24(21)31)26(38-33-17)20-5-3-18(4-6-20)19-7-10-22(11-8-19)29(13-14-29)27(34)36-2;1-16-24(31-27(35)36-15-20-8-11-22(29)14-23(20)30)25(37-32-16)19-4-2-17(3-5-19)18-6-9-21(10-7-18)28(12-13-28)26(33)34;1-20-16(19)17(10-11-17)14-6-2-12(3-7-14)13-4-8-15(18)9-5-13;1-6-10(11(15)20-17-6)16-12(18)19-5-7-2-3-8(13)4-9(7)14;8-6-2-1-5(4-10)7(9)3-6;1-5(2,7)6(3,4)8;1-2-3(5(8)9)4(6)10-7-2;;;/h3-12,15H,13-14,16H2,1-2H3,(H,32,35);2-11,14H,12-13,15H2,1H3,(H,31,35)(H,33,34);2-9H,10-11H2,1H3;2-4H,5H2,1H3,(H,16,18);1-3,10H,4H2;7-8H,1-4H3;1H3,(H,8,9);;2*1H2/q;;;;;;;+1;;/p-1. The molecule has 14 aromatic rings. The van der Waals surface area contributed by atoms with E-state index in [1.54, 1.807) is 107 Å². The summed E-state index contributed by atoms with van der Waals surface area (Å²) in [5.41, 5.74) is 15.9. The molecule has 3 aliphatic rings. The van der Waals surface area contributed by atoms with E-state index >= 15 is 0 Å². The number of ether oxygens (including phenoxy) is 5. The molecule has 10 aromatic carbocycles. The number of halogens is 10. The number of carbonyl (C=O) groups is 7. The second kappa shape index (κ2) is 54.9. The van der Waals surface area contributed by atoms with Gasteiger partial charge in [0.2, 0.25) is 0 Å². The number of rotatable bonds is 23. The Balaban J connectivity index is 0.000000222. The minimum absolute atomic E-state index is 0. The van der Waals surface area contributed by atoms with Crippen LogP contribution in [0.4, 0.5) is 31.4 Å². The molecule has 146 heavy (non-hydrogen) atoms. The van der Waals surface area contributed by atoms with Crippen LogP contribution in [0.5, 0.6) is 0 Å². The van der Waals surface area contributed by atoms with Crippen LogP contribution in [-0.2, 0) is 80.7 Å². The summed E-state index contributed by atoms with van der Waals surface area (Å²) in [7, 11) is 8.58. The fourth-order valence-electron chi connectivity index (χ4n) is 13.8. The predicted molar refractivity (Wildman–Crippen MR) is 595 cm³/mol. The summed E-state index contributed by atoms with van der Waals surface area (Å²) in [6.45, 7) is 13.5. The maximum atomic E-state index is 12.5. The van der Waals surface area contributed by atoms with E-state index in [1.165, 1.54) is 60.3 Å². The van der Waals surface area contributed by atoms with Gasteiger partial charge in [0.25, 0.3) is 0 Å². The molecule has 11 N–H and O–H groups in total. The fourth-order valence-corrected chi connectivity index (χ4v) is 20.3. The molecule has 26 nitrogen and oxygen atoms in total. The Bertz CT molecular complexity index is 6840. The number of hydrogen-bond donors (Lipinski definition) is 8. The number of aliphatic hydroxyl groups is 3. The van der Waals surface area contributed by atoms with Gasteiger partial charge in [-0.25, -0.2) is 19.2 Å². The van der Waals surface area contributed by atoms with E-state index in [0.717, 1.165) is 114 Å². The van der Waals surface area contributed by atoms with Crippen LogP contribution in [0.15, 0.2) is 218 Å². The number of nitrogens with zero attached hydrogens (tertiary/aromatic N) is 4. The van der Waals surface area contributed by atoms with Crippen molar-refractivity contribution in [1.29, 1.82) is 0 Å². The number of esters is 2. The van der Waals surface area contributed by atoms with Crippen LogP contribution in [0.25, 0.3) is 54.3 Å². The summed E-state index contributed by atoms with van der Waals surface area (Å²) in [5.74, 6) is -1.95.